The van der Waals surface area contributed by atoms with Crippen LogP contribution in [0.2, 0.25) is 0 Å². The van der Waals surface area contributed by atoms with Crippen LogP contribution in [0.25, 0.3) is 0 Å². The average molecular weight is 160 g/mol. The smallest absolute Gasteiger partial charge is 0.115 e. The standard InChI is InChI=1S/C7H16N2O2/c8-7(11)5-9-3-1-2-6(10)4-9/h6-7,10-11H,1-5,8H2. The van der Waals surface area contributed by atoms with Crippen molar-refractivity contribution in [1.82, 2.24) is 4.90 Å². The number of rotatable bonds is 2. The Balaban J connectivity index is 2.23. The Morgan fingerprint density at radius 2 is 2.36 bits per heavy atom. The van der Waals surface area contributed by atoms with Gasteiger partial charge in [0.25, 0.3) is 0 Å². The van der Waals surface area contributed by atoms with Gasteiger partial charge in [-0.05, 0) is 19.4 Å². The number of β-amino-alcohol motifs (C(OH)–C–C–N with tert-alkyl or cyclic N) is 2. The number of nitrogens with zero attached hydrogens (tertiary/aromatic N) is 1. The summed E-state index contributed by atoms with van der Waals surface area (Å²) < 4.78 is 0. The monoisotopic (exact) mass is 160 g/mol. The van der Waals surface area contributed by atoms with E-state index in [0.717, 1.165) is 19.4 Å². The summed E-state index contributed by atoms with van der Waals surface area (Å²) in [5.74, 6) is 0. The molecule has 0 saturated carbocycles. The lowest BCUT2D eigenvalue weighted by Crippen LogP contribution is -2.44. The summed E-state index contributed by atoms with van der Waals surface area (Å²) in [4.78, 5) is 1.98. The van der Waals surface area contributed by atoms with Crippen LogP contribution >= 0.6 is 0 Å². The van der Waals surface area contributed by atoms with Crippen molar-refractivity contribution in [3.8, 4) is 0 Å². The summed E-state index contributed by atoms with van der Waals surface area (Å²) in [6.45, 7) is 2.05. The molecule has 0 aromatic carbocycles. The SMILES string of the molecule is NC(O)CN1CCCC(O)C1. The molecule has 1 aliphatic rings. The van der Waals surface area contributed by atoms with Crippen LogP contribution in [0.1, 0.15) is 12.8 Å². The summed E-state index contributed by atoms with van der Waals surface area (Å²) in [7, 11) is 0. The minimum absolute atomic E-state index is 0.234. The molecule has 0 spiro atoms. The van der Waals surface area contributed by atoms with Crippen LogP contribution in [-0.2, 0) is 0 Å². The third-order valence-corrected chi connectivity index (χ3v) is 1.93. The van der Waals surface area contributed by atoms with Crippen LogP contribution < -0.4 is 5.73 Å². The zero-order valence-corrected chi connectivity index (χ0v) is 6.61. The van der Waals surface area contributed by atoms with E-state index in [0.29, 0.717) is 13.1 Å². The van der Waals surface area contributed by atoms with Crippen molar-refractivity contribution in [2.24, 2.45) is 5.73 Å². The van der Waals surface area contributed by atoms with Crippen LogP contribution in [0, 0.1) is 0 Å². The molecule has 4 nitrogen and oxygen atoms in total. The van der Waals surface area contributed by atoms with Gasteiger partial charge in [-0.15, -0.1) is 0 Å². The predicted molar refractivity (Wildman–Crippen MR) is 41.9 cm³/mol. The fourth-order valence-electron chi connectivity index (χ4n) is 1.46. The number of hydrogen-bond donors (Lipinski definition) is 3. The zero-order valence-electron chi connectivity index (χ0n) is 6.61. The summed E-state index contributed by atoms with van der Waals surface area (Å²) in [6.07, 6.45) is 0.855. The number of nitrogens with two attached hydrogens (primary N) is 1. The number of likely N-dealkylation sites (tertiary alicyclic amines) is 1. The lowest BCUT2D eigenvalue weighted by Gasteiger charge is -2.30. The molecule has 4 N–H and O–H groups in total. The molecule has 0 aromatic heterocycles. The molecule has 0 aromatic rings. The summed E-state index contributed by atoms with van der Waals surface area (Å²) in [5.41, 5.74) is 5.20. The van der Waals surface area contributed by atoms with E-state index in [4.69, 9.17) is 10.8 Å². The Morgan fingerprint density at radius 3 is 2.91 bits per heavy atom. The lowest BCUT2D eigenvalue weighted by atomic mass is 10.1. The van der Waals surface area contributed by atoms with E-state index in [1.165, 1.54) is 0 Å². The number of aliphatic hydroxyl groups is 2. The van der Waals surface area contributed by atoms with Gasteiger partial charge < -0.3 is 15.9 Å². The van der Waals surface area contributed by atoms with E-state index in [1.807, 2.05) is 4.90 Å². The van der Waals surface area contributed by atoms with Crippen molar-refractivity contribution in [1.29, 1.82) is 0 Å². The van der Waals surface area contributed by atoms with Crippen molar-refractivity contribution < 1.29 is 10.2 Å². The van der Waals surface area contributed by atoms with E-state index in [9.17, 15) is 5.11 Å². The van der Waals surface area contributed by atoms with Gasteiger partial charge >= 0.3 is 0 Å². The average Bonchev–Trinajstić information content (AvgIpc) is 1.85. The molecule has 2 unspecified atom stereocenters. The third-order valence-electron chi connectivity index (χ3n) is 1.93. The Kier molecular flexibility index (Phi) is 3.26. The normalized spacial score (nSPS) is 30.3. The second-order valence-electron chi connectivity index (χ2n) is 3.12. The summed E-state index contributed by atoms with van der Waals surface area (Å²) in [6, 6.07) is 0. The second-order valence-corrected chi connectivity index (χ2v) is 3.12. The second kappa shape index (κ2) is 4.01. The Morgan fingerprint density at radius 1 is 1.64 bits per heavy atom. The highest BCUT2D eigenvalue weighted by atomic mass is 16.3. The molecule has 0 aliphatic carbocycles. The highest BCUT2D eigenvalue weighted by Gasteiger charge is 2.18. The quantitative estimate of drug-likeness (QED) is 0.440. The van der Waals surface area contributed by atoms with Crippen molar-refractivity contribution >= 4 is 0 Å². The third kappa shape index (κ3) is 3.16. The fourth-order valence-corrected chi connectivity index (χ4v) is 1.46. The van der Waals surface area contributed by atoms with Gasteiger partial charge in [-0.3, -0.25) is 4.90 Å². The number of aliphatic hydroxyl groups excluding tert-OH is 2. The first-order chi connectivity index (χ1) is 5.18. The van der Waals surface area contributed by atoms with E-state index in [1.54, 1.807) is 0 Å². The minimum atomic E-state index is -0.778. The Bertz CT molecular complexity index is 117. The van der Waals surface area contributed by atoms with Crippen molar-refractivity contribution in [2.45, 2.75) is 25.2 Å². The van der Waals surface area contributed by atoms with Gasteiger partial charge in [0.05, 0.1) is 6.10 Å². The molecule has 66 valence electrons. The van der Waals surface area contributed by atoms with E-state index in [-0.39, 0.29) is 6.10 Å². The maximum atomic E-state index is 9.23. The molecular weight excluding hydrogens is 144 g/mol. The molecule has 1 heterocycles. The van der Waals surface area contributed by atoms with E-state index < -0.39 is 6.23 Å². The van der Waals surface area contributed by atoms with E-state index in [2.05, 4.69) is 0 Å². The van der Waals surface area contributed by atoms with E-state index >= 15 is 0 Å². The van der Waals surface area contributed by atoms with Crippen molar-refractivity contribution in [3.63, 3.8) is 0 Å². The van der Waals surface area contributed by atoms with Crippen LogP contribution in [-0.4, -0.2) is 47.1 Å². The molecule has 1 rings (SSSR count). The highest BCUT2D eigenvalue weighted by Crippen LogP contribution is 2.08. The van der Waals surface area contributed by atoms with Crippen molar-refractivity contribution in [3.05, 3.63) is 0 Å². The van der Waals surface area contributed by atoms with Crippen LogP contribution in [0.5, 0.6) is 0 Å². The maximum Gasteiger partial charge on any atom is 0.115 e. The number of piperidine rings is 1. The topological polar surface area (TPSA) is 69.7 Å². The molecule has 4 heteroatoms. The maximum absolute atomic E-state index is 9.23. The fraction of sp³-hybridized carbons (Fsp3) is 1.00. The van der Waals surface area contributed by atoms with Gasteiger partial charge in [0.1, 0.15) is 6.23 Å². The lowest BCUT2D eigenvalue weighted by molar-refractivity contribution is 0.0413. The Labute approximate surface area is 66.6 Å². The van der Waals surface area contributed by atoms with Gasteiger partial charge in [-0.2, -0.15) is 0 Å². The first-order valence-electron chi connectivity index (χ1n) is 4.02. The Hall–Kier alpha value is -0.160. The molecule has 1 saturated heterocycles. The minimum Gasteiger partial charge on any atom is -0.392 e. The molecule has 0 bridgehead atoms. The summed E-state index contributed by atoms with van der Waals surface area (Å²) in [5, 5.41) is 18.1. The highest BCUT2D eigenvalue weighted by molar-refractivity contribution is 4.72. The van der Waals surface area contributed by atoms with Crippen molar-refractivity contribution in [2.75, 3.05) is 19.6 Å². The molecule has 1 aliphatic heterocycles. The molecule has 2 atom stereocenters. The predicted octanol–water partition coefficient (Wildman–Crippen LogP) is -1.28. The van der Waals surface area contributed by atoms with Gasteiger partial charge in [0.2, 0.25) is 0 Å². The van der Waals surface area contributed by atoms with Gasteiger partial charge in [-0.1, -0.05) is 0 Å². The first-order valence-corrected chi connectivity index (χ1v) is 4.02. The van der Waals surface area contributed by atoms with Crippen LogP contribution in [0.3, 0.4) is 0 Å². The van der Waals surface area contributed by atoms with Crippen LogP contribution in [0.4, 0.5) is 0 Å². The summed E-state index contributed by atoms with van der Waals surface area (Å²) >= 11 is 0. The first kappa shape index (κ1) is 8.93. The van der Waals surface area contributed by atoms with Gasteiger partial charge in [0, 0.05) is 13.1 Å². The molecular formula is C7H16N2O2. The van der Waals surface area contributed by atoms with Gasteiger partial charge in [0.15, 0.2) is 0 Å². The molecule has 0 radical (unpaired) electrons. The zero-order chi connectivity index (χ0) is 8.27. The molecule has 11 heavy (non-hydrogen) atoms. The van der Waals surface area contributed by atoms with Crippen LogP contribution in [0.15, 0.2) is 0 Å². The van der Waals surface area contributed by atoms with Gasteiger partial charge in [-0.25, -0.2) is 0 Å². The largest absolute Gasteiger partial charge is 0.392 e. The molecule has 0 amide bonds. The number of hydrogen-bond acceptors (Lipinski definition) is 4. The molecule has 1 fully saturated rings.